The SMILES string of the molecule is Cl.Cl.[Cl][Sb]([Cl])[c]1ccccc1. The minimum absolute atomic E-state index is 0. The van der Waals surface area contributed by atoms with Gasteiger partial charge in [-0.1, -0.05) is 0 Å². The van der Waals surface area contributed by atoms with Gasteiger partial charge in [-0.2, -0.15) is 0 Å². The summed E-state index contributed by atoms with van der Waals surface area (Å²) in [4.78, 5) is 0. The zero-order chi connectivity index (χ0) is 6.69. The third-order valence-electron chi connectivity index (χ3n) is 0.951. The van der Waals surface area contributed by atoms with E-state index in [1.54, 1.807) is 0 Å². The zero-order valence-corrected chi connectivity index (χ0v) is 11.1. The molecule has 0 saturated heterocycles. The van der Waals surface area contributed by atoms with Crippen LogP contribution in [0, 0.1) is 0 Å². The Morgan fingerprint density at radius 2 is 1.36 bits per heavy atom. The maximum atomic E-state index is 5.75. The van der Waals surface area contributed by atoms with E-state index in [2.05, 4.69) is 0 Å². The number of halogens is 4. The quantitative estimate of drug-likeness (QED) is 0.689. The molecule has 0 radical (unpaired) electrons. The second-order valence-corrected chi connectivity index (χ2v) is 10.1. The van der Waals surface area contributed by atoms with Crippen molar-refractivity contribution in [1.82, 2.24) is 0 Å². The molecule has 1 aromatic rings. The van der Waals surface area contributed by atoms with Crippen molar-refractivity contribution in [3.05, 3.63) is 30.3 Å². The monoisotopic (exact) mass is 340 g/mol. The maximum absolute atomic E-state index is 5.75. The van der Waals surface area contributed by atoms with Crippen LogP contribution in [0.2, 0.25) is 0 Å². The van der Waals surface area contributed by atoms with E-state index in [-0.39, 0.29) is 24.8 Å². The van der Waals surface area contributed by atoms with Crippen molar-refractivity contribution in [2.24, 2.45) is 0 Å². The molecule has 0 aromatic heterocycles. The second-order valence-electron chi connectivity index (χ2n) is 1.57. The van der Waals surface area contributed by atoms with Crippen LogP contribution in [0.25, 0.3) is 0 Å². The van der Waals surface area contributed by atoms with Gasteiger partial charge in [0.2, 0.25) is 0 Å². The van der Waals surface area contributed by atoms with E-state index in [9.17, 15) is 0 Å². The van der Waals surface area contributed by atoms with Crippen LogP contribution in [0.4, 0.5) is 0 Å². The van der Waals surface area contributed by atoms with Gasteiger partial charge in [0.05, 0.1) is 0 Å². The summed E-state index contributed by atoms with van der Waals surface area (Å²) in [5, 5.41) is 0. The molecule has 0 spiro atoms. The van der Waals surface area contributed by atoms with Crippen molar-refractivity contribution in [2.45, 2.75) is 0 Å². The van der Waals surface area contributed by atoms with Crippen molar-refractivity contribution in [2.75, 3.05) is 0 Å². The average Bonchev–Trinajstić information content (AvgIpc) is 1.90. The number of benzene rings is 1. The summed E-state index contributed by atoms with van der Waals surface area (Å²) in [5.41, 5.74) is 0. The van der Waals surface area contributed by atoms with Crippen LogP contribution < -0.4 is 3.51 Å². The first-order chi connectivity index (χ1) is 4.30. The van der Waals surface area contributed by atoms with Crippen LogP contribution in [-0.2, 0) is 0 Å². The van der Waals surface area contributed by atoms with Gasteiger partial charge >= 0.3 is 69.4 Å². The molecule has 1 aromatic carbocycles. The molecule has 0 aliphatic rings. The predicted octanol–water partition coefficient (Wildman–Crippen LogP) is 2.70. The fourth-order valence-electron chi connectivity index (χ4n) is 0.541. The van der Waals surface area contributed by atoms with Crippen molar-refractivity contribution in [3.8, 4) is 0 Å². The molecule has 0 aliphatic carbocycles. The van der Waals surface area contributed by atoms with Crippen LogP contribution in [0.15, 0.2) is 30.3 Å². The molecule has 0 bridgehead atoms. The van der Waals surface area contributed by atoms with Crippen LogP contribution >= 0.6 is 42.5 Å². The summed E-state index contributed by atoms with van der Waals surface area (Å²) >= 11 is -1.96. The van der Waals surface area contributed by atoms with Crippen LogP contribution in [-0.4, -0.2) is 17.9 Å². The van der Waals surface area contributed by atoms with E-state index in [0.29, 0.717) is 0 Å². The molecule has 0 fully saturated rings. The molecule has 0 aliphatic heterocycles. The molecular weight excluding hydrogens is 336 g/mol. The van der Waals surface area contributed by atoms with Gasteiger partial charge in [-0.15, -0.1) is 24.8 Å². The summed E-state index contributed by atoms with van der Waals surface area (Å²) in [5.74, 6) is 0. The summed E-state index contributed by atoms with van der Waals surface area (Å²) in [6.45, 7) is 0. The Labute approximate surface area is 93.4 Å². The molecular formula is C6H7Cl4Sb. The van der Waals surface area contributed by atoms with Gasteiger partial charge < -0.3 is 0 Å². The van der Waals surface area contributed by atoms with Gasteiger partial charge in [0, 0.05) is 0 Å². The summed E-state index contributed by atoms with van der Waals surface area (Å²) in [6.07, 6.45) is 0. The molecule has 0 nitrogen and oxygen atoms in total. The third kappa shape index (κ3) is 5.44. The second kappa shape index (κ2) is 7.83. The Hall–Kier alpha value is 1.20. The molecule has 0 unspecified atom stereocenters. The first-order valence-corrected chi connectivity index (χ1v) is 10.2. The number of hydrogen-bond acceptors (Lipinski definition) is 0. The molecule has 0 heterocycles. The summed E-state index contributed by atoms with van der Waals surface area (Å²) < 4.78 is 1.13. The fourth-order valence-corrected chi connectivity index (χ4v) is 3.19. The van der Waals surface area contributed by atoms with E-state index in [1.165, 1.54) is 0 Å². The van der Waals surface area contributed by atoms with Crippen LogP contribution in [0.1, 0.15) is 0 Å². The molecule has 1 rings (SSSR count). The van der Waals surface area contributed by atoms with E-state index in [0.717, 1.165) is 3.51 Å². The molecule has 0 atom stereocenters. The van der Waals surface area contributed by atoms with Gasteiger partial charge in [0.1, 0.15) is 0 Å². The average molecular weight is 343 g/mol. The normalized spacial score (nSPS) is 8.27. The van der Waals surface area contributed by atoms with Crippen LogP contribution in [0.3, 0.4) is 0 Å². The van der Waals surface area contributed by atoms with Crippen LogP contribution in [0.5, 0.6) is 0 Å². The summed E-state index contributed by atoms with van der Waals surface area (Å²) in [6, 6.07) is 9.82. The first kappa shape index (κ1) is 14.7. The summed E-state index contributed by atoms with van der Waals surface area (Å²) in [7, 11) is 11.5. The number of hydrogen-bond donors (Lipinski definition) is 0. The molecule has 0 amide bonds. The zero-order valence-electron chi connectivity index (χ0n) is 5.41. The Kier molecular flexibility index (Phi) is 10.5. The predicted molar refractivity (Wildman–Crippen MR) is 58.0 cm³/mol. The Morgan fingerprint density at radius 3 is 1.64 bits per heavy atom. The Bertz CT molecular complexity index is 177. The van der Waals surface area contributed by atoms with Gasteiger partial charge in [-0.25, -0.2) is 0 Å². The molecule has 11 heavy (non-hydrogen) atoms. The Balaban J connectivity index is 0. The van der Waals surface area contributed by atoms with Gasteiger partial charge in [-0.05, 0) is 0 Å². The third-order valence-corrected chi connectivity index (χ3v) is 5.54. The standard InChI is InChI=1S/C6H5.4ClH.Sb/c1-2-4-6-5-3-1;;;;;/h1-5H;4*1H;/q;;;;;+2/p-2. The van der Waals surface area contributed by atoms with Gasteiger partial charge in [-0.3, -0.25) is 0 Å². The number of rotatable bonds is 1. The first-order valence-electron chi connectivity index (χ1n) is 2.47. The Morgan fingerprint density at radius 1 is 0.909 bits per heavy atom. The van der Waals surface area contributed by atoms with E-state index < -0.39 is 17.9 Å². The molecule has 5 heteroatoms. The van der Waals surface area contributed by atoms with Crippen molar-refractivity contribution >= 4 is 63.9 Å². The van der Waals surface area contributed by atoms with Crippen molar-refractivity contribution < 1.29 is 0 Å². The minimum atomic E-state index is -1.96. The van der Waals surface area contributed by atoms with Gasteiger partial charge in [0.15, 0.2) is 0 Å². The fraction of sp³-hybridized carbons (Fsp3) is 0. The van der Waals surface area contributed by atoms with Crippen molar-refractivity contribution in [3.63, 3.8) is 0 Å². The molecule has 64 valence electrons. The molecule has 0 saturated carbocycles. The van der Waals surface area contributed by atoms with E-state index >= 15 is 0 Å². The van der Waals surface area contributed by atoms with E-state index in [4.69, 9.17) is 17.7 Å². The topological polar surface area (TPSA) is 0 Å². The van der Waals surface area contributed by atoms with E-state index in [1.807, 2.05) is 30.3 Å². The van der Waals surface area contributed by atoms with Gasteiger partial charge in [0.25, 0.3) is 0 Å². The van der Waals surface area contributed by atoms with Crippen molar-refractivity contribution in [1.29, 1.82) is 0 Å². The molecule has 0 N–H and O–H groups in total.